The summed E-state index contributed by atoms with van der Waals surface area (Å²) in [7, 11) is 0. The molecule has 0 bridgehead atoms. The largest absolute Gasteiger partial charge is 0.469 e. The number of carbonyl (C=O) groups is 1. The van der Waals surface area contributed by atoms with Crippen molar-refractivity contribution < 1.29 is 13.6 Å². The summed E-state index contributed by atoms with van der Waals surface area (Å²) in [5, 5.41) is 3.21. The molecule has 2 aromatic rings. The molecule has 0 fully saturated rings. The number of halogens is 1. The van der Waals surface area contributed by atoms with Gasteiger partial charge in [-0.1, -0.05) is 6.07 Å². The number of nitrogens with two attached hydrogens (primary N) is 1. The van der Waals surface area contributed by atoms with Crippen molar-refractivity contribution >= 4 is 5.91 Å². The molecule has 106 valence electrons. The van der Waals surface area contributed by atoms with Gasteiger partial charge < -0.3 is 15.5 Å². The Morgan fingerprint density at radius 3 is 2.85 bits per heavy atom. The van der Waals surface area contributed by atoms with E-state index in [4.69, 9.17) is 10.2 Å². The van der Waals surface area contributed by atoms with Crippen molar-refractivity contribution in [2.24, 2.45) is 5.73 Å². The molecule has 1 aromatic carbocycles. The van der Waals surface area contributed by atoms with E-state index in [1.165, 1.54) is 6.07 Å². The second kappa shape index (κ2) is 6.34. The Kier molecular flexibility index (Phi) is 4.53. The Hall–Kier alpha value is -2.14. The molecule has 0 radical (unpaired) electrons. The smallest absolute Gasteiger partial charge is 0.248 e. The molecular weight excluding hydrogens is 259 g/mol. The van der Waals surface area contributed by atoms with E-state index in [1.807, 2.05) is 19.1 Å². The van der Waals surface area contributed by atoms with Gasteiger partial charge in [-0.05, 0) is 31.2 Å². The van der Waals surface area contributed by atoms with Crippen LogP contribution in [0.15, 0.2) is 41.0 Å². The van der Waals surface area contributed by atoms with E-state index in [1.54, 1.807) is 12.3 Å². The standard InChI is InChI=1S/C15H17FN2O2/c1-10(7-13-3-2-6-20-13)18-9-12-5-4-11(15(17)19)8-14(12)16/h2-6,8,10,18H,7,9H2,1H3,(H2,17,19). The molecule has 1 atom stereocenters. The summed E-state index contributed by atoms with van der Waals surface area (Å²) in [5.41, 5.74) is 5.78. The predicted molar refractivity (Wildman–Crippen MR) is 73.6 cm³/mol. The summed E-state index contributed by atoms with van der Waals surface area (Å²) in [6, 6.07) is 8.15. The Balaban J connectivity index is 1.92. The summed E-state index contributed by atoms with van der Waals surface area (Å²) < 4.78 is 19.0. The van der Waals surface area contributed by atoms with Crippen LogP contribution in [0.2, 0.25) is 0 Å². The van der Waals surface area contributed by atoms with Crippen molar-refractivity contribution in [3.8, 4) is 0 Å². The maximum atomic E-state index is 13.8. The molecule has 3 N–H and O–H groups in total. The Labute approximate surface area is 116 Å². The van der Waals surface area contributed by atoms with Crippen LogP contribution in [0, 0.1) is 5.82 Å². The minimum atomic E-state index is -0.630. The normalized spacial score (nSPS) is 12.3. The number of hydrogen-bond donors (Lipinski definition) is 2. The highest BCUT2D eigenvalue weighted by Crippen LogP contribution is 2.11. The molecular formula is C15H17FN2O2. The molecule has 0 aliphatic rings. The van der Waals surface area contributed by atoms with Gasteiger partial charge in [-0.15, -0.1) is 0 Å². The first-order chi connectivity index (χ1) is 9.56. The summed E-state index contributed by atoms with van der Waals surface area (Å²) in [6.07, 6.45) is 2.36. The maximum absolute atomic E-state index is 13.8. The van der Waals surface area contributed by atoms with Gasteiger partial charge in [0.2, 0.25) is 5.91 Å². The summed E-state index contributed by atoms with van der Waals surface area (Å²) >= 11 is 0. The van der Waals surface area contributed by atoms with Crippen LogP contribution in [0.3, 0.4) is 0 Å². The minimum Gasteiger partial charge on any atom is -0.469 e. The topological polar surface area (TPSA) is 68.3 Å². The third-order valence-corrected chi connectivity index (χ3v) is 3.07. The second-order valence-electron chi connectivity index (χ2n) is 4.74. The quantitative estimate of drug-likeness (QED) is 0.850. The monoisotopic (exact) mass is 276 g/mol. The summed E-state index contributed by atoms with van der Waals surface area (Å²) in [5.74, 6) is -0.178. The molecule has 2 rings (SSSR count). The third-order valence-electron chi connectivity index (χ3n) is 3.07. The fourth-order valence-corrected chi connectivity index (χ4v) is 1.93. The van der Waals surface area contributed by atoms with Gasteiger partial charge in [0, 0.05) is 30.1 Å². The zero-order valence-electron chi connectivity index (χ0n) is 11.2. The van der Waals surface area contributed by atoms with E-state index in [9.17, 15) is 9.18 Å². The Morgan fingerprint density at radius 2 is 2.25 bits per heavy atom. The van der Waals surface area contributed by atoms with Crippen molar-refractivity contribution in [2.75, 3.05) is 0 Å². The molecule has 0 saturated carbocycles. The van der Waals surface area contributed by atoms with Crippen LogP contribution < -0.4 is 11.1 Å². The van der Waals surface area contributed by atoms with Gasteiger partial charge in [0.1, 0.15) is 11.6 Å². The highest BCUT2D eigenvalue weighted by Gasteiger charge is 2.09. The Morgan fingerprint density at radius 1 is 1.45 bits per heavy atom. The number of primary amides is 1. The number of hydrogen-bond acceptors (Lipinski definition) is 3. The van der Waals surface area contributed by atoms with E-state index >= 15 is 0 Å². The predicted octanol–water partition coefficient (Wildman–Crippen LogP) is 2.24. The van der Waals surface area contributed by atoms with Crippen LogP contribution in [-0.2, 0) is 13.0 Å². The first kappa shape index (κ1) is 14.3. The van der Waals surface area contributed by atoms with Crippen LogP contribution in [-0.4, -0.2) is 11.9 Å². The SMILES string of the molecule is CC(Cc1ccco1)NCc1ccc(C(N)=O)cc1F. The maximum Gasteiger partial charge on any atom is 0.248 e. The number of carbonyl (C=O) groups excluding carboxylic acids is 1. The molecule has 4 nitrogen and oxygen atoms in total. The van der Waals surface area contributed by atoms with Gasteiger partial charge in [-0.2, -0.15) is 0 Å². The molecule has 20 heavy (non-hydrogen) atoms. The molecule has 1 aromatic heterocycles. The number of benzene rings is 1. The fourth-order valence-electron chi connectivity index (χ4n) is 1.93. The lowest BCUT2D eigenvalue weighted by atomic mass is 10.1. The van der Waals surface area contributed by atoms with E-state index in [0.717, 1.165) is 18.2 Å². The van der Waals surface area contributed by atoms with Gasteiger partial charge in [0.15, 0.2) is 0 Å². The average molecular weight is 276 g/mol. The number of amides is 1. The zero-order chi connectivity index (χ0) is 14.5. The van der Waals surface area contributed by atoms with Gasteiger partial charge in [0.25, 0.3) is 0 Å². The van der Waals surface area contributed by atoms with E-state index in [-0.39, 0.29) is 11.6 Å². The average Bonchev–Trinajstić information content (AvgIpc) is 2.90. The molecule has 5 heteroatoms. The molecule has 1 heterocycles. The zero-order valence-corrected chi connectivity index (χ0v) is 11.2. The molecule has 1 amide bonds. The van der Waals surface area contributed by atoms with E-state index in [2.05, 4.69) is 5.32 Å². The minimum absolute atomic E-state index is 0.149. The van der Waals surface area contributed by atoms with Crippen LogP contribution >= 0.6 is 0 Å². The number of nitrogens with one attached hydrogen (secondary N) is 1. The lowest BCUT2D eigenvalue weighted by molar-refractivity contribution is 0.1000. The summed E-state index contributed by atoms with van der Waals surface area (Å²) in [4.78, 5) is 10.9. The van der Waals surface area contributed by atoms with E-state index < -0.39 is 11.7 Å². The highest BCUT2D eigenvalue weighted by molar-refractivity contribution is 5.92. The lowest BCUT2D eigenvalue weighted by Crippen LogP contribution is -2.27. The molecule has 0 spiro atoms. The van der Waals surface area contributed by atoms with E-state index in [0.29, 0.717) is 12.1 Å². The highest BCUT2D eigenvalue weighted by atomic mass is 19.1. The van der Waals surface area contributed by atoms with Gasteiger partial charge in [0.05, 0.1) is 6.26 Å². The molecule has 0 aliphatic carbocycles. The fraction of sp³-hybridized carbons (Fsp3) is 0.267. The third kappa shape index (κ3) is 3.68. The summed E-state index contributed by atoms with van der Waals surface area (Å²) in [6.45, 7) is 2.38. The Bertz CT molecular complexity index is 582. The van der Waals surface area contributed by atoms with Crippen LogP contribution in [0.4, 0.5) is 4.39 Å². The van der Waals surface area contributed by atoms with Crippen LogP contribution in [0.5, 0.6) is 0 Å². The van der Waals surface area contributed by atoms with Crippen LogP contribution in [0.25, 0.3) is 0 Å². The number of rotatable bonds is 6. The molecule has 1 unspecified atom stereocenters. The van der Waals surface area contributed by atoms with Gasteiger partial charge in [-0.3, -0.25) is 4.79 Å². The van der Waals surface area contributed by atoms with Gasteiger partial charge >= 0.3 is 0 Å². The van der Waals surface area contributed by atoms with Crippen LogP contribution in [0.1, 0.15) is 28.6 Å². The number of furan rings is 1. The molecule has 0 saturated heterocycles. The van der Waals surface area contributed by atoms with Crippen molar-refractivity contribution in [1.82, 2.24) is 5.32 Å². The van der Waals surface area contributed by atoms with Crippen molar-refractivity contribution in [1.29, 1.82) is 0 Å². The van der Waals surface area contributed by atoms with Crippen molar-refractivity contribution in [3.05, 3.63) is 59.3 Å². The first-order valence-electron chi connectivity index (χ1n) is 6.40. The lowest BCUT2D eigenvalue weighted by Gasteiger charge is -2.13. The van der Waals surface area contributed by atoms with Gasteiger partial charge in [-0.25, -0.2) is 4.39 Å². The van der Waals surface area contributed by atoms with Crippen molar-refractivity contribution in [3.63, 3.8) is 0 Å². The molecule has 0 aliphatic heterocycles. The second-order valence-corrected chi connectivity index (χ2v) is 4.74. The van der Waals surface area contributed by atoms with Crippen molar-refractivity contribution in [2.45, 2.75) is 25.9 Å². The first-order valence-corrected chi connectivity index (χ1v) is 6.40.